The third kappa shape index (κ3) is 1.40. The van der Waals surface area contributed by atoms with Crippen molar-refractivity contribution >= 4 is 5.69 Å². The summed E-state index contributed by atoms with van der Waals surface area (Å²) in [6, 6.07) is 6.99. The zero-order valence-electron chi connectivity index (χ0n) is 6.37. The molecule has 1 aromatic carbocycles. The van der Waals surface area contributed by atoms with Crippen molar-refractivity contribution in [3.05, 3.63) is 39.4 Å². The van der Waals surface area contributed by atoms with Gasteiger partial charge in [-0.25, -0.2) is 0 Å². The van der Waals surface area contributed by atoms with Gasteiger partial charge in [0.1, 0.15) is 0 Å². The average molecular weight is 161 g/mol. The molecule has 0 saturated heterocycles. The van der Waals surface area contributed by atoms with Gasteiger partial charge in [0, 0.05) is 6.07 Å². The largest absolute Gasteiger partial charge is 0.278 e. The smallest absolute Gasteiger partial charge is 0.258 e. The van der Waals surface area contributed by atoms with E-state index < -0.39 is 4.92 Å². The van der Waals surface area contributed by atoms with E-state index in [-0.39, 0.29) is 5.69 Å². The predicted octanol–water partition coefficient (Wildman–Crippen LogP) is 1.58. The van der Waals surface area contributed by atoms with Gasteiger partial charge in [0.2, 0.25) is 0 Å². The molecule has 59 valence electrons. The lowest BCUT2D eigenvalue weighted by molar-refractivity contribution is -0.385. The highest BCUT2D eigenvalue weighted by Gasteiger charge is 2.07. The molecule has 1 rings (SSSR count). The number of non-ortho nitro benzene ring substituents is 1. The van der Waals surface area contributed by atoms with Crippen LogP contribution in [-0.4, -0.2) is 4.92 Å². The molecule has 0 N–H and O–H groups in total. The van der Waals surface area contributed by atoms with Crippen molar-refractivity contribution in [3.8, 4) is 6.07 Å². The molecular weight excluding hydrogens is 156 g/mol. The molecule has 0 heterocycles. The van der Waals surface area contributed by atoms with E-state index in [1.54, 1.807) is 6.92 Å². The molecular formula is C8H5N2O2. The summed E-state index contributed by atoms with van der Waals surface area (Å²) in [5.74, 6) is 0. The van der Waals surface area contributed by atoms with Gasteiger partial charge in [0.05, 0.1) is 22.6 Å². The van der Waals surface area contributed by atoms with Crippen molar-refractivity contribution in [2.45, 2.75) is 6.92 Å². The number of benzene rings is 1. The Bertz CT molecular complexity index is 366. The number of hydrogen-bond acceptors (Lipinski definition) is 3. The second-order valence-corrected chi connectivity index (χ2v) is 2.28. The lowest BCUT2D eigenvalue weighted by Gasteiger charge is -1.94. The third-order valence-electron chi connectivity index (χ3n) is 1.46. The first kappa shape index (κ1) is 8.21. The molecule has 4 nitrogen and oxygen atoms in total. The monoisotopic (exact) mass is 161 g/mol. The molecule has 0 aliphatic carbocycles. The highest BCUT2D eigenvalue weighted by atomic mass is 16.6. The SMILES string of the molecule is Cc1c[c]c([N+](=O)[O-])cc1C#N. The summed E-state index contributed by atoms with van der Waals surface area (Å²) >= 11 is 0. The van der Waals surface area contributed by atoms with Crippen LogP contribution in [0.15, 0.2) is 12.1 Å². The van der Waals surface area contributed by atoms with E-state index in [9.17, 15) is 10.1 Å². The fraction of sp³-hybridized carbons (Fsp3) is 0.125. The van der Waals surface area contributed by atoms with Gasteiger partial charge in [0.15, 0.2) is 0 Å². The van der Waals surface area contributed by atoms with Crippen LogP contribution in [0.5, 0.6) is 0 Å². The van der Waals surface area contributed by atoms with Gasteiger partial charge in [-0.1, -0.05) is 0 Å². The molecule has 0 aliphatic heterocycles. The number of nitrogens with zero attached hydrogens (tertiary/aromatic N) is 2. The fourth-order valence-corrected chi connectivity index (χ4v) is 0.778. The van der Waals surface area contributed by atoms with Gasteiger partial charge in [-0.05, 0) is 18.6 Å². The van der Waals surface area contributed by atoms with Gasteiger partial charge in [-0.3, -0.25) is 10.1 Å². The minimum Gasteiger partial charge on any atom is -0.258 e. The Hall–Kier alpha value is -1.89. The summed E-state index contributed by atoms with van der Waals surface area (Å²) in [4.78, 5) is 9.68. The minimum atomic E-state index is -0.569. The molecule has 0 saturated carbocycles. The first-order valence-electron chi connectivity index (χ1n) is 3.22. The third-order valence-corrected chi connectivity index (χ3v) is 1.46. The summed E-state index contributed by atoms with van der Waals surface area (Å²) in [6.07, 6.45) is 0. The van der Waals surface area contributed by atoms with Crippen LogP contribution in [0.4, 0.5) is 5.69 Å². The van der Waals surface area contributed by atoms with Crippen molar-refractivity contribution in [3.63, 3.8) is 0 Å². The second-order valence-electron chi connectivity index (χ2n) is 2.28. The average Bonchev–Trinajstić information content (AvgIpc) is 2.05. The molecule has 0 spiro atoms. The molecule has 0 bridgehead atoms. The Kier molecular flexibility index (Phi) is 2.06. The fourth-order valence-electron chi connectivity index (χ4n) is 0.778. The lowest BCUT2D eigenvalue weighted by Crippen LogP contribution is -1.90. The summed E-state index contributed by atoms with van der Waals surface area (Å²) in [7, 11) is 0. The van der Waals surface area contributed by atoms with Crippen LogP contribution in [0.1, 0.15) is 11.1 Å². The first-order chi connectivity index (χ1) is 5.65. The second kappa shape index (κ2) is 3.01. The molecule has 0 amide bonds. The van der Waals surface area contributed by atoms with Crippen molar-refractivity contribution in [1.29, 1.82) is 5.26 Å². The van der Waals surface area contributed by atoms with E-state index in [1.807, 2.05) is 6.07 Å². The van der Waals surface area contributed by atoms with Crippen LogP contribution in [0, 0.1) is 34.4 Å². The maximum atomic E-state index is 10.2. The molecule has 0 unspecified atom stereocenters. The van der Waals surface area contributed by atoms with Crippen molar-refractivity contribution in [1.82, 2.24) is 0 Å². The van der Waals surface area contributed by atoms with E-state index >= 15 is 0 Å². The molecule has 4 heteroatoms. The Balaban J connectivity index is 3.25. The maximum Gasteiger partial charge on any atom is 0.278 e. The summed E-state index contributed by atoms with van der Waals surface area (Å²) in [5, 5.41) is 18.8. The van der Waals surface area contributed by atoms with E-state index in [0.29, 0.717) is 11.1 Å². The Labute approximate surface area is 69.2 Å². The quantitative estimate of drug-likeness (QED) is 0.463. The highest BCUT2D eigenvalue weighted by molar-refractivity contribution is 5.44. The molecule has 0 atom stereocenters. The summed E-state index contributed by atoms with van der Waals surface area (Å²) in [5.41, 5.74) is 0.848. The Morgan fingerprint density at radius 2 is 2.42 bits per heavy atom. The van der Waals surface area contributed by atoms with E-state index in [0.717, 1.165) is 0 Å². The van der Waals surface area contributed by atoms with Crippen molar-refractivity contribution in [2.24, 2.45) is 0 Å². The number of nitriles is 1. The zero-order valence-corrected chi connectivity index (χ0v) is 6.37. The molecule has 0 aromatic heterocycles. The first-order valence-corrected chi connectivity index (χ1v) is 3.22. The number of nitro groups is 1. The predicted molar refractivity (Wildman–Crippen MR) is 41.4 cm³/mol. The van der Waals surface area contributed by atoms with Gasteiger partial charge < -0.3 is 0 Å². The van der Waals surface area contributed by atoms with Gasteiger partial charge in [-0.15, -0.1) is 0 Å². The normalized spacial score (nSPS) is 9.00. The van der Waals surface area contributed by atoms with Crippen molar-refractivity contribution < 1.29 is 4.92 Å². The summed E-state index contributed by atoms with van der Waals surface area (Å²) < 4.78 is 0. The van der Waals surface area contributed by atoms with E-state index in [1.165, 1.54) is 12.1 Å². The van der Waals surface area contributed by atoms with E-state index in [4.69, 9.17) is 5.26 Å². The van der Waals surface area contributed by atoms with Gasteiger partial charge >= 0.3 is 0 Å². The Morgan fingerprint density at radius 3 is 2.92 bits per heavy atom. The van der Waals surface area contributed by atoms with Crippen LogP contribution in [-0.2, 0) is 0 Å². The number of nitro benzene ring substituents is 1. The molecule has 0 fully saturated rings. The molecule has 1 aromatic rings. The standard InChI is InChI=1S/C8H5N2O2/c1-6-2-3-8(10(11)12)4-7(6)5-9/h2,4H,1H3. The summed E-state index contributed by atoms with van der Waals surface area (Å²) in [6.45, 7) is 1.71. The maximum absolute atomic E-state index is 10.2. The van der Waals surface area contributed by atoms with Gasteiger partial charge in [0.25, 0.3) is 5.69 Å². The van der Waals surface area contributed by atoms with Crippen molar-refractivity contribution in [2.75, 3.05) is 0 Å². The Morgan fingerprint density at radius 1 is 1.75 bits per heavy atom. The molecule has 0 aliphatic rings. The van der Waals surface area contributed by atoms with Crippen LogP contribution < -0.4 is 0 Å². The molecule has 1 radical (unpaired) electrons. The minimum absolute atomic E-state index is 0.169. The number of rotatable bonds is 1. The number of aryl methyl sites for hydroxylation is 1. The lowest BCUT2D eigenvalue weighted by atomic mass is 10.1. The topological polar surface area (TPSA) is 66.9 Å². The molecule has 12 heavy (non-hydrogen) atoms. The zero-order chi connectivity index (χ0) is 9.14. The highest BCUT2D eigenvalue weighted by Crippen LogP contribution is 2.15. The number of hydrogen-bond donors (Lipinski definition) is 0. The van der Waals surface area contributed by atoms with Crippen LogP contribution in [0.25, 0.3) is 0 Å². The van der Waals surface area contributed by atoms with Gasteiger partial charge in [-0.2, -0.15) is 5.26 Å². The van der Waals surface area contributed by atoms with Crippen LogP contribution in [0.2, 0.25) is 0 Å². The van der Waals surface area contributed by atoms with Crippen LogP contribution in [0.3, 0.4) is 0 Å². The van der Waals surface area contributed by atoms with E-state index in [2.05, 4.69) is 6.07 Å². The van der Waals surface area contributed by atoms with Crippen LogP contribution >= 0.6 is 0 Å².